The molecule has 0 bridgehead atoms. The van der Waals surface area contributed by atoms with Gasteiger partial charge in [0.25, 0.3) is 0 Å². The molecular weight excluding hydrogens is 529 g/mol. The third-order valence-electron chi connectivity index (χ3n) is 4.87. The number of guanidine groups is 1. The number of aliphatic imine (C=N–C) groups is 1. The summed E-state index contributed by atoms with van der Waals surface area (Å²) in [4.78, 5) is 20.5. The highest BCUT2D eigenvalue weighted by Crippen LogP contribution is 2.38. The number of nitrogens with zero attached hydrogens (tertiary/aromatic N) is 3. The van der Waals surface area contributed by atoms with Crippen molar-refractivity contribution in [3.05, 3.63) is 17.7 Å². The number of likely N-dealkylation sites (N-methyl/N-ethyl adjacent to an activating group) is 1. The quantitative estimate of drug-likeness (QED) is 0.244. The lowest BCUT2D eigenvalue weighted by atomic mass is 10.2. The first-order valence-corrected chi connectivity index (χ1v) is 10.3. The molecule has 0 aromatic heterocycles. The molecule has 32 heavy (non-hydrogen) atoms. The maximum atomic E-state index is 12.0. The average molecular weight is 565 g/mol. The summed E-state index contributed by atoms with van der Waals surface area (Å²) >= 11 is 0. The Morgan fingerprint density at radius 3 is 2.25 bits per heavy atom. The molecule has 1 heterocycles. The Hall–Kier alpha value is -1.99. The number of hydrogen-bond donors (Lipinski definition) is 2. The molecule has 0 atom stereocenters. The second-order valence-electron chi connectivity index (χ2n) is 7.22. The lowest BCUT2D eigenvalue weighted by Gasteiger charge is -2.26. The molecule has 1 aliphatic heterocycles. The Balaban J connectivity index is 0.00000512. The van der Waals surface area contributed by atoms with Crippen LogP contribution in [0.25, 0.3) is 0 Å². The molecule has 11 heteroatoms. The molecule has 0 aliphatic carbocycles. The van der Waals surface area contributed by atoms with Crippen LogP contribution in [-0.4, -0.2) is 103 Å². The van der Waals surface area contributed by atoms with Crippen molar-refractivity contribution in [2.24, 2.45) is 4.99 Å². The molecular formula is C21H36IN5O5. The topological polar surface area (TPSA) is 96.9 Å². The first-order valence-electron chi connectivity index (χ1n) is 10.3. The van der Waals surface area contributed by atoms with E-state index in [9.17, 15) is 4.79 Å². The zero-order chi connectivity index (χ0) is 22.6. The van der Waals surface area contributed by atoms with Gasteiger partial charge in [0, 0.05) is 40.3 Å². The van der Waals surface area contributed by atoms with E-state index in [0.717, 1.165) is 38.4 Å². The summed E-state index contributed by atoms with van der Waals surface area (Å²) in [5.74, 6) is 2.22. The van der Waals surface area contributed by atoms with Crippen molar-refractivity contribution in [2.45, 2.75) is 6.54 Å². The maximum absolute atomic E-state index is 12.0. The van der Waals surface area contributed by atoms with E-state index >= 15 is 0 Å². The summed E-state index contributed by atoms with van der Waals surface area (Å²) in [6.45, 7) is 5.48. The molecule has 10 nitrogen and oxygen atoms in total. The number of carbonyl (C=O) groups is 1. The predicted octanol–water partition coefficient (Wildman–Crippen LogP) is 0.786. The van der Waals surface area contributed by atoms with Crippen molar-refractivity contribution in [1.29, 1.82) is 0 Å². The van der Waals surface area contributed by atoms with Gasteiger partial charge in [-0.25, -0.2) is 4.99 Å². The van der Waals surface area contributed by atoms with Gasteiger partial charge in [0.1, 0.15) is 0 Å². The number of morpholine rings is 1. The summed E-state index contributed by atoms with van der Waals surface area (Å²) in [5, 5.41) is 6.42. The van der Waals surface area contributed by atoms with Crippen LogP contribution in [0.15, 0.2) is 17.1 Å². The Labute approximate surface area is 207 Å². The second-order valence-corrected chi connectivity index (χ2v) is 7.22. The van der Waals surface area contributed by atoms with Crippen molar-refractivity contribution in [1.82, 2.24) is 20.4 Å². The minimum atomic E-state index is -0.0320. The largest absolute Gasteiger partial charge is 0.493 e. The summed E-state index contributed by atoms with van der Waals surface area (Å²) in [6, 6.07) is 3.72. The molecule has 182 valence electrons. The van der Waals surface area contributed by atoms with Crippen molar-refractivity contribution >= 4 is 35.8 Å². The predicted molar refractivity (Wildman–Crippen MR) is 135 cm³/mol. The first kappa shape index (κ1) is 28.0. The highest BCUT2D eigenvalue weighted by atomic mass is 127. The Morgan fingerprint density at radius 1 is 1.09 bits per heavy atom. The average Bonchev–Trinajstić information content (AvgIpc) is 2.79. The lowest BCUT2D eigenvalue weighted by Crippen LogP contribution is -2.46. The van der Waals surface area contributed by atoms with Gasteiger partial charge >= 0.3 is 0 Å². The number of halogens is 1. The molecule has 1 saturated heterocycles. The minimum Gasteiger partial charge on any atom is -0.493 e. The third kappa shape index (κ3) is 8.87. The van der Waals surface area contributed by atoms with Gasteiger partial charge in [-0.3, -0.25) is 9.69 Å². The SMILES string of the molecule is COc1cc(CN=C(NCCN2CCOCC2)NCC(=O)N(C)C)cc(OC)c1OC.I. The van der Waals surface area contributed by atoms with Gasteiger partial charge in [-0.1, -0.05) is 0 Å². The summed E-state index contributed by atoms with van der Waals surface area (Å²) < 4.78 is 21.6. The van der Waals surface area contributed by atoms with Crippen LogP contribution in [0.1, 0.15) is 5.56 Å². The summed E-state index contributed by atoms with van der Waals surface area (Å²) in [5.41, 5.74) is 0.891. The number of benzene rings is 1. The number of amides is 1. The van der Waals surface area contributed by atoms with Gasteiger partial charge in [0.2, 0.25) is 11.7 Å². The standard InChI is InChI=1S/C21H35N5O5.HI/c1-25(2)19(27)15-24-21(22-6-7-26-8-10-31-11-9-26)23-14-16-12-17(28-3)20(30-5)18(13-16)29-4;/h12-13H,6-11,14-15H2,1-5H3,(H2,22,23,24);1H. The number of nitrogens with one attached hydrogen (secondary N) is 2. The highest BCUT2D eigenvalue weighted by molar-refractivity contribution is 14.0. The Bertz CT molecular complexity index is 716. The highest BCUT2D eigenvalue weighted by Gasteiger charge is 2.14. The Morgan fingerprint density at radius 2 is 1.72 bits per heavy atom. The van der Waals surface area contributed by atoms with Crippen LogP contribution in [0.2, 0.25) is 0 Å². The fraction of sp³-hybridized carbons (Fsp3) is 0.619. The molecule has 2 rings (SSSR count). The van der Waals surface area contributed by atoms with Crippen LogP contribution in [0, 0.1) is 0 Å². The van der Waals surface area contributed by atoms with E-state index in [2.05, 4.69) is 20.5 Å². The van der Waals surface area contributed by atoms with Gasteiger partial charge in [-0.05, 0) is 17.7 Å². The monoisotopic (exact) mass is 565 g/mol. The van der Waals surface area contributed by atoms with Crippen LogP contribution in [-0.2, 0) is 16.1 Å². The van der Waals surface area contributed by atoms with Crippen LogP contribution in [0.5, 0.6) is 17.2 Å². The number of hydrogen-bond acceptors (Lipinski definition) is 7. The molecule has 2 N–H and O–H groups in total. The van der Waals surface area contributed by atoms with Crippen molar-refractivity contribution < 1.29 is 23.7 Å². The third-order valence-corrected chi connectivity index (χ3v) is 4.87. The van der Waals surface area contributed by atoms with E-state index in [0.29, 0.717) is 36.3 Å². The van der Waals surface area contributed by atoms with Crippen LogP contribution in [0.3, 0.4) is 0 Å². The van der Waals surface area contributed by atoms with E-state index < -0.39 is 0 Å². The van der Waals surface area contributed by atoms with E-state index in [1.807, 2.05) is 12.1 Å². The Kier molecular flexibility index (Phi) is 13.1. The molecule has 0 spiro atoms. The van der Waals surface area contributed by atoms with Crippen LogP contribution >= 0.6 is 24.0 Å². The van der Waals surface area contributed by atoms with Gasteiger partial charge in [-0.15, -0.1) is 24.0 Å². The summed E-state index contributed by atoms with van der Waals surface area (Å²) in [7, 11) is 8.18. The summed E-state index contributed by atoms with van der Waals surface area (Å²) in [6.07, 6.45) is 0. The smallest absolute Gasteiger partial charge is 0.241 e. The van der Waals surface area contributed by atoms with Crippen LogP contribution in [0.4, 0.5) is 0 Å². The van der Waals surface area contributed by atoms with E-state index in [1.165, 1.54) is 4.90 Å². The molecule has 1 aromatic carbocycles. The van der Waals surface area contributed by atoms with E-state index in [1.54, 1.807) is 35.4 Å². The number of ether oxygens (including phenoxy) is 4. The second kappa shape index (κ2) is 15.0. The lowest BCUT2D eigenvalue weighted by molar-refractivity contribution is -0.127. The molecule has 1 amide bonds. The molecule has 1 aromatic rings. The molecule has 0 radical (unpaired) electrons. The number of methoxy groups -OCH3 is 3. The van der Waals surface area contributed by atoms with E-state index in [-0.39, 0.29) is 36.4 Å². The zero-order valence-electron chi connectivity index (χ0n) is 19.6. The fourth-order valence-corrected chi connectivity index (χ4v) is 3.05. The van der Waals surface area contributed by atoms with Crippen LogP contribution < -0.4 is 24.8 Å². The van der Waals surface area contributed by atoms with Crippen molar-refractivity contribution in [3.8, 4) is 17.2 Å². The maximum Gasteiger partial charge on any atom is 0.241 e. The van der Waals surface area contributed by atoms with E-state index in [4.69, 9.17) is 18.9 Å². The number of carbonyl (C=O) groups excluding carboxylic acids is 1. The van der Waals surface area contributed by atoms with Gasteiger partial charge in [0.15, 0.2) is 17.5 Å². The first-order chi connectivity index (χ1) is 15.0. The van der Waals surface area contributed by atoms with Gasteiger partial charge in [0.05, 0.1) is 47.6 Å². The fourth-order valence-electron chi connectivity index (χ4n) is 3.05. The zero-order valence-corrected chi connectivity index (χ0v) is 21.9. The van der Waals surface area contributed by atoms with Gasteiger partial charge < -0.3 is 34.5 Å². The van der Waals surface area contributed by atoms with Gasteiger partial charge in [-0.2, -0.15) is 0 Å². The van der Waals surface area contributed by atoms with Crippen molar-refractivity contribution in [2.75, 3.05) is 81.4 Å². The number of rotatable bonds is 10. The molecule has 1 aliphatic rings. The molecule has 1 fully saturated rings. The molecule has 0 saturated carbocycles. The normalized spacial score (nSPS) is 14.2. The molecule has 0 unspecified atom stereocenters. The van der Waals surface area contributed by atoms with Crippen molar-refractivity contribution in [3.63, 3.8) is 0 Å². The minimum absolute atomic E-state index is 0.